The Morgan fingerprint density at radius 2 is 2.19 bits per heavy atom. The highest BCUT2D eigenvalue weighted by Gasteiger charge is 2.23. The molecule has 2 N–H and O–H groups in total. The Labute approximate surface area is 125 Å². The number of para-hydroxylation sites is 1. The molecule has 1 atom stereocenters. The van der Waals surface area contributed by atoms with Crippen molar-refractivity contribution in [2.75, 3.05) is 37.6 Å². The maximum absolute atomic E-state index is 12.5. The molecule has 21 heavy (non-hydrogen) atoms. The van der Waals surface area contributed by atoms with Gasteiger partial charge in [-0.25, -0.2) is 0 Å². The molecule has 1 fully saturated rings. The number of hydrogen-bond acceptors (Lipinski definition) is 4. The number of carbonyl (C=O) groups is 1. The van der Waals surface area contributed by atoms with E-state index in [1.54, 1.807) is 4.90 Å². The monoisotopic (exact) mass is 286 g/mol. The standard InChI is InChI=1S/C16H22N4O/c17-8-10-20(15-6-2-1-3-7-15)16(21)13-19-9-4-5-14(11-18)12-19/h1-3,6-7,14H,4-5,9-13,18H2. The maximum Gasteiger partial charge on any atom is 0.242 e. The topological polar surface area (TPSA) is 73.4 Å². The number of benzene rings is 1. The molecule has 1 aliphatic heterocycles. The molecule has 112 valence electrons. The van der Waals surface area contributed by atoms with E-state index in [-0.39, 0.29) is 12.5 Å². The minimum atomic E-state index is -0.0274. The minimum Gasteiger partial charge on any atom is -0.330 e. The second-order valence-corrected chi connectivity index (χ2v) is 5.45. The Balaban J connectivity index is 2.01. The molecule has 5 heteroatoms. The molecule has 0 bridgehead atoms. The Morgan fingerprint density at radius 1 is 1.43 bits per heavy atom. The SMILES string of the molecule is N#CCN(C(=O)CN1CCCC(CN)C1)c1ccccc1. The molecule has 1 aromatic carbocycles. The van der Waals surface area contributed by atoms with E-state index in [4.69, 9.17) is 11.0 Å². The summed E-state index contributed by atoms with van der Waals surface area (Å²) in [7, 11) is 0. The van der Waals surface area contributed by atoms with Crippen LogP contribution < -0.4 is 10.6 Å². The van der Waals surface area contributed by atoms with Crippen LogP contribution in [-0.4, -0.2) is 43.5 Å². The van der Waals surface area contributed by atoms with Crippen molar-refractivity contribution in [3.63, 3.8) is 0 Å². The summed E-state index contributed by atoms with van der Waals surface area (Å²) in [5, 5.41) is 8.96. The van der Waals surface area contributed by atoms with E-state index in [9.17, 15) is 4.79 Å². The van der Waals surface area contributed by atoms with Crippen LogP contribution in [0, 0.1) is 17.2 Å². The molecule has 0 spiro atoms. The molecule has 5 nitrogen and oxygen atoms in total. The van der Waals surface area contributed by atoms with Gasteiger partial charge in [-0.3, -0.25) is 14.6 Å². The van der Waals surface area contributed by atoms with Gasteiger partial charge in [-0.2, -0.15) is 5.26 Å². The zero-order chi connectivity index (χ0) is 15.1. The first-order valence-corrected chi connectivity index (χ1v) is 7.39. The smallest absolute Gasteiger partial charge is 0.242 e. The molecule has 1 unspecified atom stereocenters. The van der Waals surface area contributed by atoms with Gasteiger partial charge in [0, 0.05) is 12.2 Å². The van der Waals surface area contributed by atoms with E-state index in [0.29, 0.717) is 19.0 Å². The van der Waals surface area contributed by atoms with Gasteiger partial charge < -0.3 is 5.73 Å². The van der Waals surface area contributed by atoms with Gasteiger partial charge in [0.15, 0.2) is 0 Å². The fraction of sp³-hybridized carbons (Fsp3) is 0.500. The summed E-state index contributed by atoms with van der Waals surface area (Å²) in [5.41, 5.74) is 6.50. The molecule has 0 saturated carbocycles. The van der Waals surface area contributed by atoms with Gasteiger partial charge in [-0.1, -0.05) is 18.2 Å². The molecule has 0 aliphatic carbocycles. The van der Waals surface area contributed by atoms with Gasteiger partial charge in [0.05, 0.1) is 12.6 Å². The van der Waals surface area contributed by atoms with Crippen LogP contribution in [-0.2, 0) is 4.79 Å². The van der Waals surface area contributed by atoms with Crippen LogP contribution >= 0.6 is 0 Å². The number of piperidine rings is 1. The average Bonchev–Trinajstić information content (AvgIpc) is 2.53. The molecule has 0 aromatic heterocycles. The summed E-state index contributed by atoms with van der Waals surface area (Å²) in [6.45, 7) is 2.91. The third kappa shape index (κ3) is 4.28. The largest absolute Gasteiger partial charge is 0.330 e. The van der Waals surface area contributed by atoms with Gasteiger partial charge in [0.2, 0.25) is 5.91 Å². The molecular formula is C16H22N4O. The lowest BCUT2D eigenvalue weighted by Crippen LogP contribution is -2.45. The van der Waals surface area contributed by atoms with Crippen LogP contribution in [0.5, 0.6) is 0 Å². The van der Waals surface area contributed by atoms with E-state index in [2.05, 4.69) is 11.0 Å². The number of nitrogens with zero attached hydrogens (tertiary/aromatic N) is 3. The number of amides is 1. The summed E-state index contributed by atoms with van der Waals surface area (Å²) < 4.78 is 0. The van der Waals surface area contributed by atoms with Gasteiger partial charge >= 0.3 is 0 Å². The first kappa shape index (κ1) is 15.5. The number of rotatable bonds is 5. The third-order valence-corrected chi connectivity index (χ3v) is 3.89. The summed E-state index contributed by atoms with van der Waals surface area (Å²) in [4.78, 5) is 16.2. The molecule has 1 amide bonds. The van der Waals surface area contributed by atoms with Gasteiger partial charge in [-0.15, -0.1) is 0 Å². The van der Waals surface area contributed by atoms with E-state index in [1.807, 2.05) is 30.3 Å². The second-order valence-electron chi connectivity index (χ2n) is 5.45. The van der Waals surface area contributed by atoms with Gasteiger partial charge in [0.1, 0.15) is 6.54 Å². The first-order valence-electron chi connectivity index (χ1n) is 7.39. The van der Waals surface area contributed by atoms with Crippen LogP contribution in [0.4, 0.5) is 5.69 Å². The van der Waals surface area contributed by atoms with Crippen molar-refractivity contribution in [2.24, 2.45) is 11.7 Å². The number of likely N-dealkylation sites (tertiary alicyclic amines) is 1. The Morgan fingerprint density at radius 3 is 2.86 bits per heavy atom. The molecule has 1 saturated heterocycles. The molecule has 1 aromatic rings. The minimum absolute atomic E-state index is 0.0274. The quantitative estimate of drug-likeness (QED) is 0.826. The van der Waals surface area contributed by atoms with Gasteiger partial charge in [-0.05, 0) is 44.0 Å². The summed E-state index contributed by atoms with van der Waals surface area (Å²) in [6.07, 6.45) is 2.22. The van der Waals surface area contributed by atoms with E-state index in [0.717, 1.165) is 31.6 Å². The highest BCUT2D eigenvalue weighted by Crippen LogP contribution is 2.17. The van der Waals surface area contributed by atoms with Crippen LogP contribution in [0.2, 0.25) is 0 Å². The zero-order valence-corrected chi connectivity index (χ0v) is 12.2. The van der Waals surface area contributed by atoms with Crippen molar-refractivity contribution in [1.82, 2.24) is 4.90 Å². The average molecular weight is 286 g/mol. The third-order valence-electron chi connectivity index (χ3n) is 3.89. The lowest BCUT2D eigenvalue weighted by atomic mass is 9.98. The zero-order valence-electron chi connectivity index (χ0n) is 12.2. The maximum atomic E-state index is 12.5. The lowest BCUT2D eigenvalue weighted by Gasteiger charge is -2.32. The number of carbonyl (C=O) groups excluding carboxylic acids is 1. The van der Waals surface area contributed by atoms with E-state index < -0.39 is 0 Å². The molecular weight excluding hydrogens is 264 g/mol. The van der Waals surface area contributed by atoms with Crippen LogP contribution in [0.3, 0.4) is 0 Å². The number of nitrogens with two attached hydrogens (primary N) is 1. The van der Waals surface area contributed by atoms with Crippen molar-refractivity contribution in [3.05, 3.63) is 30.3 Å². The fourth-order valence-corrected chi connectivity index (χ4v) is 2.77. The van der Waals surface area contributed by atoms with Gasteiger partial charge in [0.25, 0.3) is 0 Å². The van der Waals surface area contributed by atoms with Crippen molar-refractivity contribution in [3.8, 4) is 6.07 Å². The van der Waals surface area contributed by atoms with E-state index >= 15 is 0 Å². The van der Waals surface area contributed by atoms with Crippen LogP contribution in [0.25, 0.3) is 0 Å². The van der Waals surface area contributed by atoms with Crippen LogP contribution in [0.1, 0.15) is 12.8 Å². The fourth-order valence-electron chi connectivity index (χ4n) is 2.77. The molecule has 1 heterocycles. The summed E-state index contributed by atoms with van der Waals surface area (Å²) >= 11 is 0. The molecule has 2 rings (SSSR count). The predicted molar refractivity (Wildman–Crippen MR) is 82.6 cm³/mol. The number of hydrogen-bond donors (Lipinski definition) is 1. The second kappa shape index (κ2) is 7.77. The Hall–Kier alpha value is -1.90. The molecule has 1 aliphatic rings. The highest BCUT2D eigenvalue weighted by atomic mass is 16.2. The normalized spacial score (nSPS) is 19.0. The Bertz CT molecular complexity index is 497. The van der Waals surface area contributed by atoms with Crippen molar-refractivity contribution in [1.29, 1.82) is 5.26 Å². The van der Waals surface area contributed by atoms with E-state index in [1.165, 1.54) is 0 Å². The predicted octanol–water partition coefficient (Wildman–Crippen LogP) is 1.21. The lowest BCUT2D eigenvalue weighted by molar-refractivity contribution is -0.120. The number of anilines is 1. The van der Waals surface area contributed by atoms with Crippen molar-refractivity contribution < 1.29 is 4.79 Å². The highest BCUT2D eigenvalue weighted by molar-refractivity contribution is 5.95. The van der Waals surface area contributed by atoms with Crippen LogP contribution in [0.15, 0.2) is 30.3 Å². The molecule has 0 radical (unpaired) electrons. The Kier molecular flexibility index (Phi) is 5.73. The van der Waals surface area contributed by atoms with Crippen molar-refractivity contribution >= 4 is 11.6 Å². The number of nitriles is 1. The van der Waals surface area contributed by atoms with Crippen molar-refractivity contribution in [2.45, 2.75) is 12.8 Å². The summed E-state index contributed by atoms with van der Waals surface area (Å²) in [5.74, 6) is 0.452. The first-order chi connectivity index (χ1) is 10.2. The summed E-state index contributed by atoms with van der Waals surface area (Å²) in [6, 6.07) is 11.4.